The van der Waals surface area contributed by atoms with E-state index in [1.165, 1.54) is 42.6 Å². The maximum atomic E-state index is 6.16. The molecule has 0 amide bonds. The Labute approximate surface area is 150 Å². The van der Waals surface area contributed by atoms with Crippen LogP contribution in [0.5, 0.6) is 0 Å². The van der Waals surface area contributed by atoms with E-state index in [0.29, 0.717) is 11.9 Å². The molecule has 1 saturated carbocycles. The average molecular weight is 340 g/mol. The molecule has 0 unspecified atom stereocenters. The number of anilines is 2. The fourth-order valence-corrected chi connectivity index (χ4v) is 4.33. The van der Waals surface area contributed by atoms with Crippen molar-refractivity contribution in [3.8, 4) is 0 Å². The molecule has 0 aromatic heterocycles. The van der Waals surface area contributed by atoms with Gasteiger partial charge in [0.25, 0.3) is 0 Å². The van der Waals surface area contributed by atoms with E-state index in [4.69, 9.17) is 11.6 Å². The van der Waals surface area contributed by atoms with Gasteiger partial charge in [-0.15, -0.1) is 11.6 Å². The Morgan fingerprint density at radius 1 is 0.917 bits per heavy atom. The van der Waals surface area contributed by atoms with Crippen molar-refractivity contribution in [2.45, 2.75) is 44.2 Å². The van der Waals surface area contributed by atoms with E-state index in [-0.39, 0.29) is 6.04 Å². The molecule has 2 aromatic carbocycles. The summed E-state index contributed by atoms with van der Waals surface area (Å²) in [6.07, 6.45) is 6.23. The van der Waals surface area contributed by atoms with E-state index in [0.717, 1.165) is 6.42 Å². The van der Waals surface area contributed by atoms with Gasteiger partial charge in [-0.05, 0) is 37.0 Å². The summed E-state index contributed by atoms with van der Waals surface area (Å²) < 4.78 is 0. The summed E-state index contributed by atoms with van der Waals surface area (Å²) in [6.45, 7) is 2.34. The monoisotopic (exact) mass is 339 g/mol. The molecule has 1 aliphatic heterocycles. The van der Waals surface area contributed by atoms with Crippen molar-refractivity contribution in [1.82, 2.24) is 0 Å². The van der Waals surface area contributed by atoms with Crippen molar-refractivity contribution in [2.75, 3.05) is 15.7 Å². The lowest BCUT2D eigenvalue weighted by atomic mass is 10.0. The van der Waals surface area contributed by atoms with Crippen molar-refractivity contribution in [2.24, 2.45) is 0 Å². The molecule has 0 bridgehead atoms. The summed E-state index contributed by atoms with van der Waals surface area (Å²) in [5.74, 6) is 0.662. The highest BCUT2D eigenvalue weighted by molar-refractivity contribution is 6.17. The van der Waals surface area contributed by atoms with Gasteiger partial charge in [-0.25, -0.2) is 0 Å². The molecular formula is C21H24ClN2. The minimum absolute atomic E-state index is 0.288. The zero-order chi connectivity index (χ0) is 16.4. The van der Waals surface area contributed by atoms with Gasteiger partial charge in [-0.3, -0.25) is 0 Å². The Hall–Kier alpha value is -1.67. The first kappa shape index (κ1) is 15.8. The molecule has 1 fully saturated rings. The Balaban J connectivity index is 1.69. The third kappa shape index (κ3) is 2.88. The van der Waals surface area contributed by atoms with Crippen LogP contribution in [-0.2, 0) is 0 Å². The minimum atomic E-state index is 0.288. The fraction of sp³-hybridized carbons (Fsp3) is 0.381. The van der Waals surface area contributed by atoms with Crippen LogP contribution in [0.1, 0.15) is 43.7 Å². The molecule has 1 heterocycles. The normalized spacial score (nSPS) is 18.9. The van der Waals surface area contributed by atoms with E-state index in [9.17, 15) is 0 Å². The smallest absolute Gasteiger partial charge is 0.143 e. The number of nitrogens with zero attached hydrogens (tertiary/aromatic N) is 2. The molecule has 1 radical (unpaired) electrons. The van der Waals surface area contributed by atoms with E-state index in [2.05, 4.69) is 71.1 Å². The third-order valence-electron chi connectivity index (χ3n) is 5.31. The van der Waals surface area contributed by atoms with Crippen molar-refractivity contribution >= 4 is 23.0 Å². The highest BCUT2D eigenvalue weighted by Crippen LogP contribution is 2.46. The van der Waals surface area contributed by atoms with Crippen LogP contribution in [0.4, 0.5) is 11.4 Å². The number of para-hydroxylation sites is 2. The van der Waals surface area contributed by atoms with Gasteiger partial charge in [0, 0.05) is 11.9 Å². The Morgan fingerprint density at radius 3 is 2.29 bits per heavy atom. The maximum Gasteiger partial charge on any atom is 0.143 e. The molecule has 0 spiro atoms. The Morgan fingerprint density at radius 2 is 1.58 bits per heavy atom. The van der Waals surface area contributed by atoms with Gasteiger partial charge < -0.3 is 9.80 Å². The first-order chi connectivity index (χ1) is 11.9. The van der Waals surface area contributed by atoms with Crippen molar-refractivity contribution in [3.63, 3.8) is 0 Å². The summed E-state index contributed by atoms with van der Waals surface area (Å²) >= 11 is 6.16. The van der Waals surface area contributed by atoms with Crippen LogP contribution in [0, 0.1) is 6.67 Å². The lowest BCUT2D eigenvalue weighted by Crippen LogP contribution is -2.34. The molecule has 0 N–H and O–H groups in total. The molecular weight excluding hydrogens is 316 g/mol. The standard InChI is InChI=1S/C21H24ClN2/c22-15-14-19(17-8-2-1-3-9-17)24-16-23(18-10-4-5-11-18)20-12-6-7-13-21(20)24/h1-3,6-9,12-13,16,18-19H,4-5,10-11,14-15H2/t19-/m1/s1. The third-order valence-corrected chi connectivity index (χ3v) is 5.53. The summed E-state index contributed by atoms with van der Waals surface area (Å²) in [4.78, 5) is 4.94. The Bertz CT molecular complexity index is 667. The highest BCUT2D eigenvalue weighted by Gasteiger charge is 2.36. The predicted molar refractivity (Wildman–Crippen MR) is 102 cm³/mol. The largest absolute Gasteiger partial charge is 0.343 e. The van der Waals surface area contributed by atoms with Gasteiger partial charge in [0.2, 0.25) is 0 Å². The number of fused-ring (bicyclic) bond motifs is 1. The lowest BCUT2D eigenvalue weighted by Gasteiger charge is -2.31. The van der Waals surface area contributed by atoms with Gasteiger partial charge >= 0.3 is 0 Å². The molecule has 2 aliphatic rings. The zero-order valence-corrected chi connectivity index (χ0v) is 14.7. The fourth-order valence-electron chi connectivity index (χ4n) is 4.13. The van der Waals surface area contributed by atoms with Crippen molar-refractivity contribution < 1.29 is 0 Å². The van der Waals surface area contributed by atoms with E-state index >= 15 is 0 Å². The van der Waals surface area contributed by atoms with Gasteiger partial charge in [0.1, 0.15) is 6.67 Å². The van der Waals surface area contributed by atoms with Crippen molar-refractivity contribution in [1.29, 1.82) is 0 Å². The minimum Gasteiger partial charge on any atom is -0.343 e. The first-order valence-electron chi connectivity index (χ1n) is 9.00. The Kier molecular flexibility index (Phi) is 4.66. The number of rotatable bonds is 5. The molecule has 125 valence electrons. The van der Waals surface area contributed by atoms with Crippen LogP contribution in [0.15, 0.2) is 54.6 Å². The molecule has 3 heteroatoms. The van der Waals surface area contributed by atoms with Crippen LogP contribution < -0.4 is 9.80 Å². The number of alkyl halides is 1. The molecule has 0 saturated heterocycles. The summed E-state index contributed by atoms with van der Waals surface area (Å²) in [5, 5.41) is 0. The van der Waals surface area contributed by atoms with Crippen molar-refractivity contribution in [3.05, 3.63) is 66.8 Å². The summed E-state index contributed by atoms with van der Waals surface area (Å²) in [6, 6.07) is 20.5. The second-order valence-electron chi connectivity index (χ2n) is 6.76. The topological polar surface area (TPSA) is 6.48 Å². The van der Waals surface area contributed by atoms with Gasteiger partial charge in [-0.1, -0.05) is 55.3 Å². The van der Waals surface area contributed by atoms with Gasteiger partial charge in [-0.2, -0.15) is 0 Å². The first-order valence-corrected chi connectivity index (χ1v) is 9.53. The summed E-state index contributed by atoms with van der Waals surface area (Å²) in [5.41, 5.74) is 3.99. The predicted octanol–water partition coefficient (Wildman–Crippen LogP) is 5.75. The van der Waals surface area contributed by atoms with E-state index in [1.807, 2.05) is 0 Å². The number of hydrogen-bond donors (Lipinski definition) is 0. The summed E-state index contributed by atoms with van der Waals surface area (Å²) in [7, 11) is 0. The number of hydrogen-bond acceptors (Lipinski definition) is 2. The van der Waals surface area contributed by atoms with Gasteiger partial charge in [0.05, 0.1) is 17.4 Å². The van der Waals surface area contributed by atoms with Gasteiger partial charge in [0.15, 0.2) is 0 Å². The molecule has 24 heavy (non-hydrogen) atoms. The number of benzene rings is 2. The SMILES string of the molecule is ClCC[C@H](c1ccccc1)N1[CH]N(C2CCCC2)c2ccccc21. The number of halogens is 1. The van der Waals surface area contributed by atoms with Crippen LogP contribution >= 0.6 is 11.6 Å². The zero-order valence-electron chi connectivity index (χ0n) is 13.9. The van der Waals surface area contributed by atoms with E-state index in [1.54, 1.807) is 0 Å². The van der Waals surface area contributed by atoms with Crippen LogP contribution in [0.2, 0.25) is 0 Å². The molecule has 1 aliphatic carbocycles. The molecule has 2 nitrogen and oxygen atoms in total. The second-order valence-corrected chi connectivity index (χ2v) is 7.14. The molecule has 1 atom stereocenters. The van der Waals surface area contributed by atoms with E-state index < -0.39 is 0 Å². The second kappa shape index (κ2) is 7.06. The average Bonchev–Trinajstić information content (AvgIpc) is 3.28. The lowest BCUT2D eigenvalue weighted by molar-refractivity contribution is 0.609. The van der Waals surface area contributed by atoms with Crippen LogP contribution in [0.3, 0.4) is 0 Å². The quantitative estimate of drug-likeness (QED) is 0.640. The van der Waals surface area contributed by atoms with Crippen LogP contribution in [-0.4, -0.2) is 11.9 Å². The molecule has 2 aromatic rings. The molecule has 4 rings (SSSR count). The van der Waals surface area contributed by atoms with Crippen LogP contribution in [0.25, 0.3) is 0 Å². The maximum absolute atomic E-state index is 6.16. The highest BCUT2D eigenvalue weighted by atomic mass is 35.5.